The molecule has 16 heavy (non-hydrogen) atoms. The molecule has 0 saturated heterocycles. The van der Waals surface area contributed by atoms with Crippen LogP contribution in [0.4, 0.5) is 5.69 Å². The molecule has 1 aromatic carbocycles. The van der Waals surface area contributed by atoms with E-state index < -0.39 is 6.10 Å². The molecule has 0 fully saturated rings. The number of aryl methyl sites for hydroxylation is 1. The Kier molecular flexibility index (Phi) is 3.59. The average molecular weight is 233 g/mol. The fourth-order valence-electron chi connectivity index (χ4n) is 1.57. The highest BCUT2D eigenvalue weighted by molar-refractivity contribution is 7.08. The molecule has 1 heterocycles. The van der Waals surface area contributed by atoms with E-state index in [0.29, 0.717) is 6.54 Å². The Morgan fingerprint density at radius 2 is 2.25 bits per heavy atom. The van der Waals surface area contributed by atoms with Gasteiger partial charge in [-0.05, 0) is 23.9 Å². The maximum absolute atomic E-state index is 9.98. The lowest BCUT2D eigenvalue weighted by molar-refractivity contribution is 0.191. The molecule has 0 spiro atoms. The van der Waals surface area contributed by atoms with Gasteiger partial charge in [-0.3, -0.25) is 0 Å². The quantitative estimate of drug-likeness (QED) is 0.850. The third-order valence-electron chi connectivity index (χ3n) is 2.45. The molecular weight excluding hydrogens is 218 g/mol. The van der Waals surface area contributed by atoms with Crippen molar-refractivity contribution in [3.63, 3.8) is 0 Å². The first kappa shape index (κ1) is 11.2. The number of aliphatic hydroxyl groups is 1. The average Bonchev–Trinajstić information content (AvgIpc) is 2.78. The summed E-state index contributed by atoms with van der Waals surface area (Å²) in [6.45, 7) is 2.57. The van der Waals surface area contributed by atoms with Crippen molar-refractivity contribution >= 4 is 17.0 Å². The Bertz CT molecular complexity index is 439. The van der Waals surface area contributed by atoms with Crippen LogP contribution in [0.5, 0.6) is 0 Å². The van der Waals surface area contributed by atoms with Gasteiger partial charge in [0.25, 0.3) is 0 Å². The van der Waals surface area contributed by atoms with Crippen LogP contribution < -0.4 is 5.32 Å². The van der Waals surface area contributed by atoms with Crippen molar-refractivity contribution in [2.45, 2.75) is 13.0 Å². The summed E-state index contributed by atoms with van der Waals surface area (Å²) in [5.74, 6) is 0. The van der Waals surface area contributed by atoms with E-state index in [1.165, 1.54) is 5.56 Å². The first-order valence-corrected chi connectivity index (χ1v) is 6.20. The molecule has 0 bridgehead atoms. The van der Waals surface area contributed by atoms with Crippen molar-refractivity contribution < 1.29 is 5.11 Å². The molecule has 2 nitrogen and oxygen atoms in total. The van der Waals surface area contributed by atoms with Gasteiger partial charge in [-0.1, -0.05) is 29.8 Å². The molecular formula is C13H15NOS. The topological polar surface area (TPSA) is 32.3 Å². The van der Waals surface area contributed by atoms with Crippen molar-refractivity contribution in [2.24, 2.45) is 0 Å². The predicted octanol–water partition coefficient (Wildman–Crippen LogP) is 3.20. The van der Waals surface area contributed by atoms with E-state index in [1.807, 2.05) is 48.0 Å². The zero-order valence-corrected chi connectivity index (χ0v) is 10.00. The maximum Gasteiger partial charge on any atom is 0.0962 e. The van der Waals surface area contributed by atoms with Crippen LogP contribution in [0.15, 0.2) is 41.1 Å². The fourth-order valence-corrected chi connectivity index (χ4v) is 2.19. The van der Waals surface area contributed by atoms with Gasteiger partial charge in [0.2, 0.25) is 0 Å². The Balaban J connectivity index is 1.95. The number of nitrogens with one attached hydrogen (secondary N) is 1. The number of aliphatic hydroxyl groups excluding tert-OH is 1. The van der Waals surface area contributed by atoms with Gasteiger partial charge in [-0.25, -0.2) is 0 Å². The Morgan fingerprint density at radius 3 is 2.94 bits per heavy atom. The fraction of sp³-hybridized carbons (Fsp3) is 0.231. The molecule has 0 aliphatic rings. The van der Waals surface area contributed by atoms with Gasteiger partial charge in [0.05, 0.1) is 6.10 Å². The van der Waals surface area contributed by atoms with Gasteiger partial charge in [0, 0.05) is 17.6 Å². The van der Waals surface area contributed by atoms with Gasteiger partial charge in [0.15, 0.2) is 0 Å². The van der Waals surface area contributed by atoms with Gasteiger partial charge < -0.3 is 10.4 Å². The van der Waals surface area contributed by atoms with Crippen LogP contribution in [0.1, 0.15) is 17.2 Å². The van der Waals surface area contributed by atoms with Crippen LogP contribution >= 0.6 is 11.3 Å². The summed E-state index contributed by atoms with van der Waals surface area (Å²) in [6.07, 6.45) is -0.459. The number of thiophene rings is 1. The van der Waals surface area contributed by atoms with E-state index in [0.717, 1.165) is 11.3 Å². The third-order valence-corrected chi connectivity index (χ3v) is 3.13. The maximum atomic E-state index is 9.98. The summed E-state index contributed by atoms with van der Waals surface area (Å²) >= 11 is 1.65. The van der Waals surface area contributed by atoms with Crippen molar-refractivity contribution in [1.82, 2.24) is 0 Å². The lowest BCUT2D eigenvalue weighted by Gasteiger charge is -2.12. The number of anilines is 1. The van der Waals surface area contributed by atoms with E-state index in [-0.39, 0.29) is 0 Å². The monoisotopic (exact) mass is 233 g/mol. The second-order valence-corrected chi connectivity index (χ2v) is 4.60. The van der Waals surface area contributed by atoms with Crippen molar-refractivity contribution in [3.8, 4) is 0 Å². The number of benzene rings is 1. The standard InChI is InChI=1S/C13H15NOS/c1-10-3-2-4-11(7-10)13(15)8-14-12-5-6-16-9-12/h2-7,9,13-15H,8H2,1H3. The molecule has 2 rings (SSSR count). The second-order valence-electron chi connectivity index (χ2n) is 3.82. The zero-order valence-electron chi connectivity index (χ0n) is 9.18. The Morgan fingerprint density at radius 1 is 1.38 bits per heavy atom. The molecule has 84 valence electrons. The van der Waals surface area contributed by atoms with Crippen LogP contribution in [0.3, 0.4) is 0 Å². The molecule has 1 unspecified atom stereocenters. The Labute approximate surface area is 99.6 Å². The Hall–Kier alpha value is -1.32. The van der Waals surface area contributed by atoms with Gasteiger partial charge in [0.1, 0.15) is 0 Å². The SMILES string of the molecule is Cc1cccc(C(O)CNc2ccsc2)c1. The van der Waals surface area contributed by atoms with Gasteiger partial charge in [-0.15, -0.1) is 0 Å². The highest BCUT2D eigenvalue weighted by atomic mass is 32.1. The molecule has 0 aliphatic heterocycles. The minimum absolute atomic E-state index is 0.459. The summed E-state index contributed by atoms with van der Waals surface area (Å²) in [5.41, 5.74) is 3.20. The normalized spacial score (nSPS) is 12.4. The third kappa shape index (κ3) is 2.84. The molecule has 3 heteroatoms. The van der Waals surface area contributed by atoms with Gasteiger partial charge in [-0.2, -0.15) is 11.3 Å². The summed E-state index contributed by atoms with van der Waals surface area (Å²) in [4.78, 5) is 0. The van der Waals surface area contributed by atoms with Crippen LogP contribution in [-0.4, -0.2) is 11.7 Å². The first-order chi connectivity index (χ1) is 7.75. The summed E-state index contributed by atoms with van der Waals surface area (Å²) in [5, 5.41) is 17.2. The number of hydrogen-bond acceptors (Lipinski definition) is 3. The highest BCUT2D eigenvalue weighted by Gasteiger charge is 2.06. The van der Waals surface area contributed by atoms with E-state index >= 15 is 0 Å². The molecule has 1 atom stereocenters. The summed E-state index contributed by atoms with van der Waals surface area (Å²) in [6, 6.07) is 9.97. The smallest absolute Gasteiger partial charge is 0.0962 e. The van der Waals surface area contributed by atoms with Crippen molar-refractivity contribution in [1.29, 1.82) is 0 Å². The van der Waals surface area contributed by atoms with Crippen LogP contribution in [0, 0.1) is 6.92 Å². The van der Waals surface area contributed by atoms with E-state index in [2.05, 4.69) is 5.32 Å². The minimum atomic E-state index is -0.459. The summed E-state index contributed by atoms with van der Waals surface area (Å²) < 4.78 is 0. The van der Waals surface area contributed by atoms with Crippen LogP contribution in [-0.2, 0) is 0 Å². The number of hydrogen-bond donors (Lipinski definition) is 2. The summed E-state index contributed by atoms with van der Waals surface area (Å²) in [7, 11) is 0. The molecule has 2 aromatic rings. The molecule has 0 saturated carbocycles. The van der Waals surface area contributed by atoms with E-state index in [9.17, 15) is 5.11 Å². The molecule has 0 amide bonds. The number of rotatable bonds is 4. The second kappa shape index (κ2) is 5.14. The van der Waals surface area contributed by atoms with Crippen molar-refractivity contribution in [3.05, 3.63) is 52.2 Å². The first-order valence-electron chi connectivity index (χ1n) is 5.26. The lowest BCUT2D eigenvalue weighted by Crippen LogP contribution is -2.11. The molecule has 0 aliphatic carbocycles. The zero-order chi connectivity index (χ0) is 11.4. The highest BCUT2D eigenvalue weighted by Crippen LogP contribution is 2.17. The van der Waals surface area contributed by atoms with Gasteiger partial charge >= 0.3 is 0 Å². The van der Waals surface area contributed by atoms with E-state index in [4.69, 9.17) is 0 Å². The molecule has 1 aromatic heterocycles. The largest absolute Gasteiger partial charge is 0.387 e. The lowest BCUT2D eigenvalue weighted by atomic mass is 10.1. The molecule has 2 N–H and O–H groups in total. The van der Waals surface area contributed by atoms with E-state index in [1.54, 1.807) is 11.3 Å². The van der Waals surface area contributed by atoms with Crippen molar-refractivity contribution in [2.75, 3.05) is 11.9 Å². The minimum Gasteiger partial charge on any atom is -0.387 e. The predicted molar refractivity (Wildman–Crippen MR) is 68.9 cm³/mol. The van der Waals surface area contributed by atoms with Crippen LogP contribution in [0.25, 0.3) is 0 Å². The van der Waals surface area contributed by atoms with Crippen LogP contribution in [0.2, 0.25) is 0 Å². The molecule has 0 radical (unpaired) electrons.